The number of guanidine groups is 1. The maximum absolute atomic E-state index is 10.6. The summed E-state index contributed by atoms with van der Waals surface area (Å²) in [7, 11) is 0. The number of rotatable bonds is 2. The van der Waals surface area contributed by atoms with Crippen molar-refractivity contribution in [2.45, 2.75) is 6.92 Å². The van der Waals surface area contributed by atoms with Crippen molar-refractivity contribution in [1.29, 1.82) is 0 Å². The molecule has 0 amide bonds. The van der Waals surface area contributed by atoms with Crippen LogP contribution in [0, 0.1) is 6.92 Å². The maximum Gasteiger partial charge on any atom is 0.335 e. The number of nitrogens with two attached hydrogens (primary N) is 2. The summed E-state index contributed by atoms with van der Waals surface area (Å²) in [4.78, 5) is 14.5. The molecule has 0 heterocycles. The Hall–Kier alpha value is -2.04. The van der Waals surface area contributed by atoms with Crippen molar-refractivity contribution in [3.8, 4) is 0 Å². The van der Waals surface area contributed by atoms with E-state index in [9.17, 15) is 4.79 Å². The molecule has 74 valence electrons. The van der Waals surface area contributed by atoms with Gasteiger partial charge in [-0.1, -0.05) is 6.07 Å². The van der Waals surface area contributed by atoms with Crippen LogP contribution in [0.3, 0.4) is 0 Å². The first-order valence-corrected chi connectivity index (χ1v) is 3.94. The molecule has 1 aromatic rings. The summed E-state index contributed by atoms with van der Waals surface area (Å²) in [5, 5.41) is 8.72. The predicted octanol–water partition coefficient (Wildman–Crippen LogP) is 0.598. The molecule has 0 spiro atoms. The molecule has 1 rings (SSSR count). The minimum Gasteiger partial charge on any atom is -0.478 e. The number of nitrogens with zero attached hydrogens (tertiary/aromatic N) is 1. The highest BCUT2D eigenvalue weighted by Crippen LogP contribution is 2.19. The van der Waals surface area contributed by atoms with E-state index < -0.39 is 5.97 Å². The van der Waals surface area contributed by atoms with Gasteiger partial charge in [0, 0.05) is 0 Å². The van der Waals surface area contributed by atoms with Gasteiger partial charge in [0.1, 0.15) is 0 Å². The first kappa shape index (κ1) is 10.0. The van der Waals surface area contributed by atoms with Crippen LogP contribution in [0.1, 0.15) is 15.9 Å². The van der Waals surface area contributed by atoms with Crippen LogP contribution in [-0.2, 0) is 0 Å². The molecule has 0 saturated heterocycles. The van der Waals surface area contributed by atoms with Crippen molar-refractivity contribution >= 4 is 17.6 Å². The zero-order chi connectivity index (χ0) is 10.7. The van der Waals surface area contributed by atoms with Gasteiger partial charge in [-0.3, -0.25) is 0 Å². The Morgan fingerprint density at radius 3 is 2.57 bits per heavy atom. The van der Waals surface area contributed by atoms with E-state index in [2.05, 4.69) is 4.99 Å². The van der Waals surface area contributed by atoms with Crippen molar-refractivity contribution in [1.82, 2.24) is 0 Å². The molecule has 0 fully saturated rings. The van der Waals surface area contributed by atoms with Crippen LogP contribution < -0.4 is 11.5 Å². The van der Waals surface area contributed by atoms with Crippen LogP contribution in [0.4, 0.5) is 5.69 Å². The summed E-state index contributed by atoms with van der Waals surface area (Å²) in [6.45, 7) is 1.80. The highest BCUT2D eigenvalue weighted by atomic mass is 16.4. The number of carboxylic acid groups (broad SMARTS) is 1. The van der Waals surface area contributed by atoms with Gasteiger partial charge in [-0.15, -0.1) is 0 Å². The van der Waals surface area contributed by atoms with Gasteiger partial charge < -0.3 is 16.6 Å². The SMILES string of the molecule is Cc1ccc(C(=O)O)cc1N=C(N)N. The van der Waals surface area contributed by atoms with Gasteiger partial charge in [0.2, 0.25) is 0 Å². The number of aryl methyl sites for hydroxylation is 1. The molecule has 0 aliphatic rings. The van der Waals surface area contributed by atoms with Crippen molar-refractivity contribution in [3.63, 3.8) is 0 Å². The summed E-state index contributed by atoms with van der Waals surface area (Å²) in [6, 6.07) is 4.59. The first-order chi connectivity index (χ1) is 6.50. The molecule has 5 heteroatoms. The Kier molecular flexibility index (Phi) is 2.71. The number of carbonyl (C=O) groups is 1. The zero-order valence-electron chi connectivity index (χ0n) is 7.69. The molecule has 0 aliphatic heterocycles. The fraction of sp³-hybridized carbons (Fsp3) is 0.111. The second-order valence-corrected chi connectivity index (χ2v) is 2.84. The lowest BCUT2D eigenvalue weighted by Gasteiger charge is -2.01. The fourth-order valence-corrected chi connectivity index (χ4v) is 1.00. The van der Waals surface area contributed by atoms with Crippen LogP contribution in [0.2, 0.25) is 0 Å². The van der Waals surface area contributed by atoms with E-state index in [0.29, 0.717) is 5.69 Å². The Bertz CT molecular complexity index is 395. The largest absolute Gasteiger partial charge is 0.478 e. The smallest absolute Gasteiger partial charge is 0.335 e. The number of aromatic carboxylic acids is 1. The molecule has 0 atom stereocenters. The summed E-state index contributed by atoms with van der Waals surface area (Å²) in [6.07, 6.45) is 0. The lowest BCUT2D eigenvalue weighted by Crippen LogP contribution is -2.22. The van der Waals surface area contributed by atoms with Gasteiger partial charge in [-0.2, -0.15) is 0 Å². The number of hydrogen-bond acceptors (Lipinski definition) is 2. The quantitative estimate of drug-likeness (QED) is 0.472. The van der Waals surface area contributed by atoms with Crippen molar-refractivity contribution in [3.05, 3.63) is 29.3 Å². The van der Waals surface area contributed by atoms with Crippen molar-refractivity contribution in [2.24, 2.45) is 16.5 Å². The monoisotopic (exact) mass is 193 g/mol. The predicted molar refractivity (Wildman–Crippen MR) is 53.6 cm³/mol. The molecule has 1 aromatic carbocycles. The van der Waals surface area contributed by atoms with Gasteiger partial charge in [0.05, 0.1) is 11.3 Å². The second-order valence-electron chi connectivity index (χ2n) is 2.84. The van der Waals surface area contributed by atoms with E-state index >= 15 is 0 Å². The fourth-order valence-electron chi connectivity index (χ4n) is 1.00. The lowest BCUT2D eigenvalue weighted by molar-refractivity contribution is 0.0697. The Balaban J connectivity index is 3.22. The standard InChI is InChI=1S/C9H11N3O2/c1-5-2-3-6(8(13)14)4-7(5)12-9(10)11/h2-4H,1H3,(H,13,14)(H4,10,11,12). The van der Waals surface area contributed by atoms with E-state index in [0.717, 1.165) is 5.56 Å². The topological polar surface area (TPSA) is 102 Å². The third-order valence-corrected chi connectivity index (χ3v) is 1.71. The molecule has 0 aromatic heterocycles. The molecule has 5 nitrogen and oxygen atoms in total. The number of hydrogen-bond donors (Lipinski definition) is 3. The van der Waals surface area contributed by atoms with Crippen LogP contribution in [0.15, 0.2) is 23.2 Å². The van der Waals surface area contributed by atoms with Gasteiger partial charge in [0.15, 0.2) is 5.96 Å². The van der Waals surface area contributed by atoms with Crippen LogP contribution in [-0.4, -0.2) is 17.0 Å². The minimum atomic E-state index is -1.00. The zero-order valence-corrected chi connectivity index (χ0v) is 7.69. The van der Waals surface area contributed by atoms with E-state index in [1.165, 1.54) is 12.1 Å². The molecule has 5 N–H and O–H groups in total. The molecule has 0 aliphatic carbocycles. The lowest BCUT2D eigenvalue weighted by atomic mass is 10.1. The number of benzene rings is 1. The average molecular weight is 193 g/mol. The molecule has 0 radical (unpaired) electrons. The third kappa shape index (κ3) is 2.22. The van der Waals surface area contributed by atoms with E-state index in [1.807, 2.05) is 0 Å². The van der Waals surface area contributed by atoms with Crippen LogP contribution in [0.5, 0.6) is 0 Å². The normalized spacial score (nSPS) is 9.50. The van der Waals surface area contributed by atoms with E-state index in [4.69, 9.17) is 16.6 Å². The molecule has 0 bridgehead atoms. The number of aliphatic imine (C=N–C) groups is 1. The van der Waals surface area contributed by atoms with Gasteiger partial charge >= 0.3 is 5.97 Å². The van der Waals surface area contributed by atoms with Gasteiger partial charge in [-0.25, -0.2) is 9.79 Å². The van der Waals surface area contributed by atoms with E-state index in [1.54, 1.807) is 13.0 Å². The summed E-state index contributed by atoms with van der Waals surface area (Å²) in [5.41, 5.74) is 11.9. The summed E-state index contributed by atoms with van der Waals surface area (Å²) in [5.74, 6) is -1.09. The Morgan fingerprint density at radius 2 is 2.07 bits per heavy atom. The van der Waals surface area contributed by atoms with Gasteiger partial charge in [0.25, 0.3) is 0 Å². The molecular weight excluding hydrogens is 182 g/mol. The highest BCUT2D eigenvalue weighted by Gasteiger charge is 2.05. The van der Waals surface area contributed by atoms with Crippen molar-refractivity contribution in [2.75, 3.05) is 0 Å². The average Bonchev–Trinajstić information content (AvgIpc) is 2.07. The summed E-state index contributed by atoms with van der Waals surface area (Å²) >= 11 is 0. The minimum absolute atomic E-state index is 0.0874. The Morgan fingerprint density at radius 1 is 1.43 bits per heavy atom. The second kappa shape index (κ2) is 3.78. The molecule has 14 heavy (non-hydrogen) atoms. The first-order valence-electron chi connectivity index (χ1n) is 3.94. The molecule has 0 saturated carbocycles. The Labute approximate surface area is 81.1 Å². The van der Waals surface area contributed by atoms with Crippen LogP contribution in [0.25, 0.3) is 0 Å². The molecule has 0 unspecified atom stereocenters. The van der Waals surface area contributed by atoms with Crippen molar-refractivity contribution < 1.29 is 9.90 Å². The van der Waals surface area contributed by atoms with Gasteiger partial charge in [-0.05, 0) is 24.6 Å². The third-order valence-electron chi connectivity index (χ3n) is 1.71. The summed E-state index contributed by atoms with van der Waals surface area (Å²) < 4.78 is 0. The molecular formula is C9H11N3O2. The highest BCUT2D eigenvalue weighted by molar-refractivity contribution is 5.89. The number of carboxylic acids is 1. The maximum atomic E-state index is 10.6. The van der Waals surface area contributed by atoms with Crippen LogP contribution >= 0.6 is 0 Å². The van der Waals surface area contributed by atoms with E-state index in [-0.39, 0.29) is 11.5 Å².